The zero-order valence-corrected chi connectivity index (χ0v) is 10.5. The van der Waals surface area contributed by atoms with Crippen LogP contribution in [0.4, 0.5) is 0 Å². The average molecular weight is 272 g/mol. The second-order valence-corrected chi connectivity index (χ2v) is 4.48. The molecule has 0 spiro atoms. The van der Waals surface area contributed by atoms with Gasteiger partial charge in [-0.3, -0.25) is 0 Å². The number of aryl methyl sites for hydroxylation is 1. The van der Waals surface area contributed by atoms with Crippen LogP contribution in [0.1, 0.15) is 11.1 Å². The van der Waals surface area contributed by atoms with Crippen molar-refractivity contribution >= 4 is 15.9 Å². The zero-order chi connectivity index (χ0) is 11.5. The predicted molar refractivity (Wildman–Crippen MR) is 69.0 cm³/mol. The maximum absolute atomic E-state index is 9.04. The van der Waals surface area contributed by atoms with Gasteiger partial charge in [0.05, 0.1) is 11.6 Å². The fraction of sp³-hybridized carbons (Fsp3) is 0.0714. The van der Waals surface area contributed by atoms with Crippen molar-refractivity contribution in [3.63, 3.8) is 0 Å². The SMILES string of the molecule is Cc1ccc(-c2ccccc2C#N)cc1Br. The average Bonchev–Trinajstić information content (AvgIpc) is 2.32. The number of nitriles is 1. The lowest BCUT2D eigenvalue weighted by Gasteiger charge is -2.06. The minimum absolute atomic E-state index is 0.707. The van der Waals surface area contributed by atoms with Crippen LogP contribution in [0.5, 0.6) is 0 Å². The van der Waals surface area contributed by atoms with Gasteiger partial charge >= 0.3 is 0 Å². The molecule has 0 aliphatic carbocycles. The molecule has 0 atom stereocenters. The van der Waals surface area contributed by atoms with E-state index in [-0.39, 0.29) is 0 Å². The van der Waals surface area contributed by atoms with Gasteiger partial charge in [-0.25, -0.2) is 0 Å². The predicted octanol–water partition coefficient (Wildman–Crippen LogP) is 4.30. The van der Waals surface area contributed by atoms with E-state index < -0.39 is 0 Å². The fourth-order valence-electron chi connectivity index (χ4n) is 1.59. The van der Waals surface area contributed by atoms with Gasteiger partial charge in [0, 0.05) is 4.47 Å². The summed E-state index contributed by atoms with van der Waals surface area (Å²) in [4.78, 5) is 0. The van der Waals surface area contributed by atoms with Crippen LogP contribution in [-0.4, -0.2) is 0 Å². The minimum Gasteiger partial charge on any atom is -0.192 e. The van der Waals surface area contributed by atoms with Crippen LogP contribution < -0.4 is 0 Å². The number of hydrogen-bond acceptors (Lipinski definition) is 1. The first-order valence-corrected chi connectivity index (χ1v) is 5.77. The smallest absolute Gasteiger partial charge is 0.0998 e. The Kier molecular flexibility index (Phi) is 3.07. The minimum atomic E-state index is 0.707. The summed E-state index contributed by atoms with van der Waals surface area (Å²) in [5.41, 5.74) is 3.94. The third kappa shape index (κ3) is 2.00. The van der Waals surface area contributed by atoms with E-state index in [1.165, 1.54) is 5.56 Å². The molecule has 0 aliphatic rings. The van der Waals surface area contributed by atoms with Gasteiger partial charge < -0.3 is 0 Å². The highest BCUT2D eigenvalue weighted by atomic mass is 79.9. The Morgan fingerprint density at radius 2 is 1.88 bits per heavy atom. The molecule has 0 amide bonds. The van der Waals surface area contributed by atoms with E-state index in [9.17, 15) is 0 Å². The van der Waals surface area contributed by atoms with Crippen molar-refractivity contribution in [1.29, 1.82) is 5.26 Å². The molecule has 78 valence electrons. The molecule has 0 saturated heterocycles. The Morgan fingerprint density at radius 1 is 1.12 bits per heavy atom. The van der Waals surface area contributed by atoms with E-state index in [4.69, 9.17) is 5.26 Å². The third-order valence-electron chi connectivity index (χ3n) is 2.53. The summed E-state index contributed by atoms with van der Waals surface area (Å²) >= 11 is 3.51. The van der Waals surface area contributed by atoms with Gasteiger partial charge in [0.2, 0.25) is 0 Å². The molecular weight excluding hydrogens is 262 g/mol. The molecule has 0 aromatic heterocycles. The first-order chi connectivity index (χ1) is 7.72. The van der Waals surface area contributed by atoms with Gasteiger partial charge in [-0.15, -0.1) is 0 Å². The van der Waals surface area contributed by atoms with Crippen LogP contribution in [0.3, 0.4) is 0 Å². The van der Waals surface area contributed by atoms with Crippen LogP contribution >= 0.6 is 15.9 Å². The number of halogens is 1. The summed E-state index contributed by atoms with van der Waals surface area (Å²) in [6.45, 7) is 2.05. The highest BCUT2D eigenvalue weighted by molar-refractivity contribution is 9.10. The lowest BCUT2D eigenvalue weighted by Crippen LogP contribution is -1.85. The molecule has 0 aliphatic heterocycles. The lowest BCUT2D eigenvalue weighted by atomic mass is 10.00. The molecule has 0 unspecified atom stereocenters. The van der Waals surface area contributed by atoms with Crippen LogP contribution in [0.2, 0.25) is 0 Å². The molecule has 0 radical (unpaired) electrons. The van der Waals surface area contributed by atoms with E-state index in [0.29, 0.717) is 5.56 Å². The van der Waals surface area contributed by atoms with E-state index in [1.54, 1.807) is 0 Å². The van der Waals surface area contributed by atoms with Gasteiger partial charge in [0.25, 0.3) is 0 Å². The Morgan fingerprint density at radius 3 is 2.56 bits per heavy atom. The molecule has 16 heavy (non-hydrogen) atoms. The molecule has 0 bridgehead atoms. The summed E-state index contributed by atoms with van der Waals surface area (Å²) in [5, 5.41) is 9.04. The summed E-state index contributed by atoms with van der Waals surface area (Å²) < 4.78 is 1.07. The van der Waals surface area contributed by atoms with Gasteiger partial charge in [0.1, 0.15) is 0 Å². The van der Waals surface area contributed by atoms with Gasteiger partial charge in [-0.1, -0.05) is 46.3 Å². The van der Waals surface area contributed by atoms with Gasteiger partial charge in [-0.2, -0.15) is 5.26 Å². The quantitative estimate of drug-likeness (QED) is 0.759. The summed E-state index contributed by atoms with van der Waals surface area (Å²) in [5.74, 6) is 0. The molecule has 0 N–H and O–H groups in total. The van der Waals surface area contributed by atoms with Crippen LogP contribution in [-0.2, 0) is 0 Å². The van der Waals surface area contributed by atoms with Crippen LogP contribution in [0.15, 0.2) is 46.9 Å². The van der Waals surface area contributed by atoms with Gasteiger partial charge in [-0.05, 0) is 35.7 Å². The first-order valence-electron chi connectivity index (χ1n) is 4.98. The Hall–Kier alpha value is -1.59. The standard InChI is InChI=1S/C14H10BrN/c1-10-6-7-11(8-14(10)15)13-5-3-2-4-12(13)9-16/h2-8H,1H3. The zero-order valence-electron chi connectivity index (χ0n) is 8.87. The van der Waals surface area contributed by atoms with Crippen molar-refractivity contribution < 1.29 is 0 Å². The maximum Gasteiger partial charge on any atom is 0.0998 e. The number of benzene rings is 2. The monoisotopic (exact) mass is 271 g/mol. The largest absolute Gasteiger partial charge is 0.192 e. The topological polar surface area (TPSA) is 23.8 Å². The maximum atomic E-state index is 9.04. The van der Waals surface area contributed by atoms with Crippen LogP contribution in [0, 0.1) is 18.3 Å². The van der Waals surface area contributed by atoms with Crippen molar-refractivity contribution in [1.82, 2.24) is 0 Å². The normalized spacial score (nSPS) is 9.81. The molecule has 0 heterocycles. The van der Waals surface area contributed by atoms with Crippen molar-refractivity contribution in [2.45, 2.75) is 6.92 Å². The van der Waals surface area contributed by atoms with Crippen molar-refractivity contribution in [3.8, 4) is 17.2 Å². The highest BCUT2D eigenvalue weighted by Crippen LogP contribution is 2.27. The molecule has 2 aromatic carbocycles. The fourth-order valence-corrected chi connectivity index (χ4v) is 1.97. The second kappa shape index (κ2) is 4.51. The Bertz CT molecular complexity index is 567. The van der Waals surface area contributed by atoms with Crippen molar-refractivity contribution in [2.75, 3.05) is 0 Å². The number of rotatable bonds is 1. The lowest BCUT2D eigenvalue weighted by molar-refractivity contribution is 1.42. The summed E-state index contributed by atoms with van der Waals surface area (Å²) in [6.07, 6.45) is 0. The molecule has 1 nitrogen and oxygen atoms in total. The van der Waals surface area contributed by atoms with Gasteiger partial charge in [0.15, 0.2) is 0 Å². The van der Waals surface area contributed by atoms with Crippen molar-refractivity contribution in [2.24, 2.45) is 0 Å². The molecule has 2 heteroatoms. The number of hydrogen-bond donors (Lipinski definition) is 0. The molecule has 2 rings (SSSR count). The van der Waals surface area contributed by atoms with Crippen LogP contribution in [0.25, 0.3) is 11.1 Å². The molecular formula is C14H10BrN. The molecule has 2 aromatic rings. The third-order valence-corrected chi connectivity index (χ3v) is 3.38. The Balaban J connectivity index is 2.60. The Labute approximate surface area is 103 Å². The van der Waals surface area contributed by atoms with E-state index in [2.05, 4.69) is 22.0 Å². The highest BCUT2D eigenvalue weighted by Gasteiger charge is 2.04. The molecule has 0 saturated carbocycles. The van der Waals surface area contributed by atoms with E-state index in [1.807, 2.05) is 49.4 Å². The van der Waals surface area contributed by atoms with E-state index in [0.717, 1.165) is 15.6 Å². The van der Waals surface area contributed by atoms with E-state index >= 15 is 0 Å². The first kappa shape index (κ1) is 10.9. The van der Waals surface area contributed by atoms with Crippen molar-refractivity contribution in [3.05, 3.63) is 58.1 Å². The number of nitrogens with zero attached hydrogens (tertiary/aromatic N) is 1. The summed E-state index contributed by atoms with van der Waals surface area (Å²) in [6, 6.07) is 16.0. The molecule has 0 fully saturated rings. The summed E-state index contributed by atoms with van der Waals surface area (Å²) in [7, 11) is 0. The second-order valence-electron chi connectivity index (χ2n) is 3.62.